The van der Waals surface area contributed by atoms with E-state index in [2.05, 4.69) is 28.9 Å². The maximum absolute atomic E-state index is 12.7. The van der Waals surface area contributed by atoms with Crippen molar-refractivity contribution in [3.63, 3.8) is 0 Å². The van der Waals surface area contributed by atoms with Crippen LogP contribution in [0.25, 0.3) is 0 Å². The highest BCUT2D eigenvalue weighted by Gasteiger charge is 2.25. The van der Waals surface area contributed by atoms with Gasteiger partial charge in [0.15, 0.2) is 0 Å². The van der Waals surface area contributed by atoms with Gasteiger partial charge in [-0.25, -0.2) is 13.1 Å². The molecule has 0 aliphatic carbocycles. The quantitative estimate of drug-likeness (QED) is 0.644. The minimum atomic E-state index is -3.60. The predicted octanol–water partition coefficient (Wildman–Crippen LogP) is 3.61. The van der Waals surface area contributed by atoms with Crippen molar-refractivity contribution >= 4 is 21.6 Å². The van der Waals surface area contributed by atoms with Crippen LogP contribution in [-0.2, 0) is 16.6 Å². The Kier molecular flexibility index (Phi) is 8.03. The number of hydrogen-bond acceptors (Lipinski definition) is 4. The van der Waals surface area contributed by atoms with Crippen molar-refractivity contribution in [2.24, 2.45) is 5.92 Å². The number of hydrogen-bond donors (Lipinski definition) is 2. The van der Waals surface area contributed by atoms with Crippen molar-refractivity contribution in [3.8, 4) is 0 Å². The highest BCUT2D eigenvalue weighted by molar-refractivity contribution is 7.89. The molecule has 0 spiro atoms. The second-order valence-electron chi connectivity index (χ2n) is 6.25. The molecular weight excluding hydrogens is 370 g/mol. The molecule has 2 N–H and O–H groups in total. The Hall–Kier alpha value is -1.47. The van der Waals surface area contributed by atoms with E-state index in [1.165, 1.54) is 12.1 Å². The number of aromatic nitrogens is 1. The topological polar surface area (TPSA) is 71.1 Å². The minimum Gasteiger partial charge on any atom is -0.311 e. The lowest BCUT2D eigenvalue weighted by atomic mass is 9.95. The Morgan fingerprint density at radius 2 is 1.81 bits per heavy atom. The molecule has 1 unspecified atom stereocenters. The molecular formula is C19H26ClN3O2S. The molecule has 0 saturated heterocycles. The second kappa shape index (κ2) is 10.0. The van der Waals surface area contributed by atoms with E-state index in [0.29, 0.717) is 18.1 Å². The fourth-order valence-corrected chi connectivity index (χ4v) is 4.35. The summed E-state index contributed by atoms with van der Waals surface area (Å²) < 4.78 is 28.3. The van der Waals surface area contributed by atoms with Crippen molar-refractivity contribution in [2.45, 2.75) is 44.2 Å². The molecule has 1 heterocycles. The maximum atomic E-state index is 12.7. The summed E-state index contributed by atoms with van der Waals surface area (Å²) in [7, 11) is -3.60. The Morgan fingerprint density at radius 3 is 2.38 bits per heavy atom. The normalized spacial score (nSPS) is 13.1. The predicted molar refractivity (Wildman–Crippen MR) is 106 cm³/mol. The van der Waals surface area contributed by atoms with E-state index >= 15 is 0 Å². The van der Waals surface area contributed by atoms with Gasteiger partial charge in [0.05, 0.1) is 4.90 Å². The second-order valence-corrected chi connectivity index (χ2v) is 8.40. The lowest BCUT2D eigenvalue weighted by Crippen LogP contribution is -2.46. The zero-order chi connectivity index (χ0) is 19.0. The summed E-state index contributed by atoms with van der Waals surface area (Å²) in [5.41, 5.74) is 1.07. The highest BCUT2D eigenvalue weighted by Crippen LogP contribution is 2.18. The van der Waals surface area contributed by atoms with E-state index in [1.54, 1.807) is 24.5 Å². The molecule has 142 valence electrons. The Balaban J connectivity index is 2.07. The molecule has 0 saturated carbocycles. The van der Waals surface area contributed by atoms with Crippen LogP contribution < -0.4 is 10.0 Å². The average Bonchev–Trinajstić information content (AvgIpc) is 2.63. The number of nitrogens with zero attached hydrogens (tertiary/aromatic N) is 1. The number of pyridine rings is 1. The molecule has 0 amide bonds. The zero-order valence-corrected chi connectivity index (χ0v) is 16.7. The Labute approximate surface area is 161 Å². The van der Waals surface area contributed by atoms with Crippen LogP contribution in [0.15, 0.2) is 53.7 Å². The molecule has 0 radical (unpaired) electrons. The van der Waals surface area contributed by atoms with Gasteiger partial charge >= 0.3 is 0 Å². The number of halogens is 1. The molecule has 26 heavy (non-hydrogen) atoms. The van der Waals surface area contributed by atoms with Gasteiger partial charge in [-0.1, -0.05) is 44.4 Å². The molecule has 2 aromatic rings. The van der Waals surface area contributed by atoms with Gasteiger partial charge in [0, 0.05) is 36.5 Å². The zero-order valence-electron chi connectivity index (χ0n) is 15.2. The lowest BCUT2D eigenvalue weighted by molar-refractivity contribution is 0.354. The van der Waals surface area contributed by atoms with Crippen molar-refractivity contribution in [3.05, 3.63) is 59.4 Å². The van der Waals surface area contributed by atoms with E-state index in [1.807, 2.05) is 12.1 Å². The van der Waals surface area contributed by atoms with Gasteiger partial charge in [0.1, 0.15) is 0 Å². The van der Waals surface area contributed by atoms with E-state index in [9.17, 15) is 8.42 Å². The van der Waals surface area contributed by atoms with Crippen LogP contribution in [0.4, 0.5) is 0 Å². The summed E-state index contributed by atoms with van der Waals surface area (Å²) in [6, 6.07) is 9.91. The van der Waals surface area contributed by atoms with Crippen molar-refractivity contribution < 1.29 is 8.42 Å². The SMILES string of the molecule is CCC(CC)C(CNCc1cccnc1)NS(=O)(=O)c1ccc(Cl)cc1. The summed E-state index contributed by atoms with van der Waals surface area (Å²) in [6.07, 6.45) is 5.34. The smallest absolute Gasteiger partial charge is 0.240 e. The third-order valence-corrected chi connectivity index (χ3v) is 6.22. The summed E-state index contributed by atoms with van der Waals surface area (Å²) in [6.45, 7) is 5.36. The van der Waals surface area contributed by atoms with E-state index in [4.69, 9.17) is 11.6 Å². The molecule has 0 aliphatic heterocycles. The van der Waals surface area contributed by atoms with Crippen LogP contribution in [0.1, 0.15) is 32.3 Å². The standard InChI is InChI=1S/C19H26ClN3O2S/c1-3-16(4-2)19(14-22-13-15-6-5-11-21-12-15)23-26(24,25)18-9-7-17(20)8-10-18/h5-12,16,19,22-23H,3-4,13-14H2,1-2H3. The maximum Gasteiger partial charge on any atom is 0.240 e. The molecule has 0 aliphatic rings. The summed E-state index contributed by atoms with van der Waals surface area (Å²) in [4.78, 5) is 4.32. The van der Waals surface area contributed by atoms with Gasteiger partial charge < -0.3 is 5.32 Å². The Morgan fingerprint density at radius 1 is 1.12 bits per heavy atom. The molecule has 0 bridgehead atoms. The fraction of sp³-hybridized carbons (Fsp3) is 0.421. The van der Waals surface area contributed by atoms with Gasteiger partial charge in [-0.15, -0.1) is 0 Å². The third-order valence-electron chi connectivity index (χ3n) is 4.46. The Bertz CT molecular complexity index is 763. The van der Waals surface area contributed by atoms with Crippen LogP contribution >= 0.6 is 11.6 Å². The van der Waals surface area contributed by atoms with Crippen LogP contribution in [0.3, 0.4) is 0 Å². The molecule has 0 fully saturated rings. The molecule has 5 nitrogen and oxygen atoms in total. The lowest BCUT2D eigenvalue weighted by Gasteiger charge is -2.26. The average molecular weight is 396 g/mol. The van der Waals surface area contributed by atoms with Gasteiger partial charge in [-0.05, 0) is 41.8 Å². The fourth-order valence-electron chi connectivity index (χ4n) is 2.92. The van der Waals surface area contributed by atoms with Gasteiger partial charge in [0.2, 0.25) is 10.0 Å². The number of rotatable bonds is 10. The highest BCUT2D eigenvalue weighted by atomic mass is 35.5. The first kappa shape index (κ1) is 20.8. The summed E-state index contributed by atoms with van der Waals surface area (Å²) >= 11 is 5.86. The first-order chi connectivity index (χ1) is 12.5. The molecule has 7 heteroatoms. The summed E-state index contributed by atoms with van der Waals surface area (Å²) in [5.74, 6) is 0.249. The van der Waals surface area contributed by atoms with E-state index in [0.717, 1.165) is 18.4 Å². The third kappa shape index (κ3) is 6.06. The van der Waals surface area contributed by atoms with Gasteiger partial charge in [-0.3, -0.25) is 4.98 Å². The van der Waals surface area contributed by atoms with E-state index in [-0.39, 0.29) is 16.9 Å². The molecule has 1 aromatic heterocycles. The van der Waals surface area contributed by atoms with Crippen molar-refractivity contribution in [1.29, 1.82) is 0 Å². The van der Waals surface area contributed by atoms with Crippen molar-refractivity contribution in [2.75, 3.05) is 6.54 Å². The monoisotopic (exact) mass is 395 g/mol. The largest absolute Gasteiger partial charge is 0.311 e. The minimum absolute atomic E-state index is 0.192. The number of nitrogens with one attached hydrogen (secondary N) is 2. The van der Waals surface area contributed by atoms with Crippen LogP contribution in [0, 0.1) is 5.92 Å². The summed E-state index contributed by atoms with van der Waals surface area (Å²) in [5, 5.41) is 3.86. The van der Waals surface area contributed by atoms with E-state index < -0.39 is 10.0 Å². The molecule has 1 aromatic carbocycles. The van der Waals surface area contributed by atoms with Crippen LogP contribution in [0.5, 0.6) is 0 Å². The van der Waals surface area contributed by atoms with Crippen LogP contribution in [-0.4, -0.2) is 26.0 Å². The molecule has 1 atom stereocenters. The van der Waals surface area contributed by atoms with Crippen molar-refractivity contribution in [1.82, 2.24) is 15.0 Å². The number of benzene rings is 1. The number of sulfonamides is 1. The van der Waals surface area contributed by atoms with Gasteiger partial charge in [0.25, 0.3) is 0 Å². The van der Waals surface area contributed by atoms with Gasteiger partial charge in [-0.2, -0.15) is 0 Å². The van der Waals surface area contributed by atoms with Crippen LogP contribution in [0.2, 0.25) is 5.02 Å². The first-order valence-electron chi connectivity index (χ1n) is 8.83. The first-order valence-corrected chi connectivity index (χ1v) is 10.7. The molecule has 2 rings (SSSR count).